The molecule has 23 heavy (non-hydrogen) atoms. The van der Waals surface area contributed by atoms with Crippen molar-refractivity contribution in [3.05, 3.63) is 17.5 Å². The molecule has 1 aliphatic heterocycles. The average molecular weight is 361 g/mol. The molecule has 2 heterocycles. The zero-order chi connectivity index (χ0) is 16.9. The quantitative estimate of drug-likeness (QED) is 0.703. The molecule has 2 amide bonds. The van der Waals surface area contributed by atoms with E-state index in [1.807, 2.05) is 0 Å². The van der Waals surface area contributed by atoms with Crippen LogP contribution in [-0.2, 0) is 24.3 Å². The molecule has 0 bridgehead atoms. The van der Waals surface area contributed by atoms with Crippen molar-refractivity contribution in [2.24, 2.45) is 0 Å². The lowest BCUT2D eigenvalue weighted by Crippen LogP contribution is -2.53. The van der Waals surface area contributed by atoms with Crippen LogP contribution in [0.15, 0.2) is 21.7 Å². The molecule has 10 heteroatoms. The molecule has 1 fully saturated rings. The molecule has 1 atom stereocenters. The third kappa shape index (κ3) is 4.28. The molecule has 1 aliphatic rings. The summed E-state index contributed by atoms with van der Waals surface area (Å²) in [6.07, 6.45) is -0.250. The first-order chi connectivity index (χ1) is 11.0. The van der Waals surface area contributed by atoms with Gasteiger partial charge in [0, 0.05) is 13.1 Å². The van der Waals surface area contributed by atoms with E-state index in [1.165, 1.54) is 10.4 Å². The van der Waals surface area contributed by atoms with Crippen LogP contribution in [0.5, 0.6) is 0 Å². The van der Waals surface area contributed by atoms with Crippen LogP contribution < -0.4 is 10.6 Å². The molecule has 2 rings (SSSR count). The van der Waals surface area contributed by atoms with Gasteiger partial charge in [0.2, 0.25) is 0 Å². The Morgan fingerprint density at radius 3 is 2.78 bits per heavy atom. The van der Waals surface area contributed by atoms with Gasteiger partial charge in [-0.05, 0) is 24.8 Å². The van der Waals surface area contributed by atoms with Crippen LogP contribution in [0.25, 0.3) is 0 Å². The second-order valence-corrected chi connectivity index (χ2v) is 7.86. The number of carbonyl (C=O) groups is 2. The van der Waals surface area contributed by atoms with Crippen LogP contribution in [0.1, 0.15) is 13.3 Å². The van der Waals surface area contributed by atoms with Crippen molar-refractivity contribution in [1.29, 1.82) is 0 Å². The lowest BCUT2D eigenvalue weighted by Gasteiger charge is -2.34. The van der Waals surface area contributed by atoms with Crippen molar-refractivity contribution >= 4 is 33.2 Å². The van der Waals surface area contributed by atoms with E-state index in [0.29, 0.717) is 26.1 Å². The first-order valence-corrected chi connectivity index (χ1v) is 9.51. The Bertz CT molecular complexity index is 645. The number of nitrogens with one attached hydrogen (secondary N) is 2. The van der Waals surface area contributed by atoms with Crippen molar-refractivity contribution in [3.63, 3.8) is 0 Å². The summed E-state index contributed by atoms with van der Waals surface area (Å²) in [5.74, 6) is -1.56. The fourth-order valence-corrected chi connectivity index (χ4v) is 4.81. The maximum absolute atomic E-state index is 12.6. The average Bonchev–Trinajstić information content (AvgIpc) is 3.08. The van der Waals surface area contributed by atoms with Crippen molar-refractivity contribution in [2.75, 3.05) is 26.2 Å². The smallest absolute Gasteiger partial charge is 0.309 e. The highest BCUT2D eigenvalue weighted by Gasteiger charge is 2.35. The molecular formula is C13H19N3O5S2. The molecule has 0 radical (unpaired) electrons. The first kappa shape index (κ1) is 17.9. The van der Waals surface area contributed by atoms with Crippen LogP contribution in [0.3, 0.4) is 0 Å². The molecule has 8 nitrogen and oxygen atoms in total. The third-order valence-corrected chi connectivity index (χ3v) is 6.45. The maximum Gasteiger partial charge on any atom is 0.309 e. The van der Waals surface area contributed by atoms with E-state index in [1.54, 1.807) is 18.4 Å². The number of hydrogen-bond donors (Lipinski definition) is 2. The second kappa shape index (κ2) is 7.86. The number of amides is 2. The van der Waals surface area contributed by atoms with Gasteiger partial charge < -0.3 is 15.4 Å². The Kier molecular flexibility index (Phi) is 6.10. The minimum Gasteiger partial charge on any atom is -0.360 e. The van der Waals surface area contributed by atoms with Gasteiger partial charge in [-0.15, -0.1) is 11.3 Å². The molecule has 0 aromatic carbocycles. The summed E-state index contributed by atoms with van der Waals surface area (Å²) in [7, 11) is -3.67. The van der Waals surface area contributed by atoms with Crippen LogP contribution in [0, 0.1) is 0 Å². The second-order valence-electron chi connectivity index (χ2n) is 4.80. The molecule has 128 valence electrons. The van der Waals surface area contributed by atoms with Gasteiger partial charge in [0.25, 0.3) is 10.0 Å². The van der Waals surface area contributed by atoms with E-state index in [0.717, 1.165) is 11.3 Å². The van der Waals surface area contributed by atoms with Crippen LogP contribution in [-0.4, -0.2) is 57.0 Å². The van der Waals surface area contributed by atoms with E-state index >= 15 is 0 Å². The summed E-state index contributed by atoms with van der Waals surface area (Å²) in [5.41, 5.74) is 0. The third-order valence-electron chi connectivity index (χ3n) is 3.19. The van der Waals surface area contributed by atoms with E-state index in [9.17, 15) is 18.0 Å². The number of carbonyl (C=O) groups excluding carboxylic acids is 2. The predicted molar refractivity (Wildman–Crippen MR) is 84.3 cm³/mol. The summed E-state index contributed by atoms with van der Waals surface area (Å²) in [6.45, 7) is 2.66. The van der Waals surface area contributed by atoms with Crippen LogP contribution >= 0.6 is 11.3 Å². The fourth-order valence-electron chi connectivity index (χ4n) is 2.13. The topological polar surface area (TPSA) is 105 Å². The predicted octanol–water partition coefficient (Wildman–Crippen LogP) is -0.262. The minimum atomic E-state index is -3.67. The highest BCUT2D eigenvalue weighted by molar-refractivity contribution is 7.91. The number of nitrogens with zero attached hydrogens (tertiary/aromatic N) is 1. The van der Waals surface area contributed by atoms with Crippen molar-refractivity contribution in [1.82, 2.24) is 14.9 Å². The van der Waals surface area contributed by atoms with E-state index in [4.69, 9.17) is 4.74 Å². The Morgan fingerprint density at radius 1 is 1.39 bits per heavy atom. The van der Waals surface area contributed by atoms with Gasteiger partial charge in [-0.1, -0.05) is 6.07 Å². The standard InChI is InChI=1S/C13H19N3O5S2/c1-2-14-12(17)13(18)15-9-10-16(6-4-7-21-10)23(19,20)11-5-3-8-22-11/h3,5,8,10H,2,4,6-7,9H2,1H3,(H,14,17)(H,15,18)/t10-/m1/s1. The lowest BCUT2D eigenvalue weighted by atomic mass is 10.3. The molecule has 0 saturated carbocycles. The molecule has 0 spiro atoms. The van der Waals surface area contributed by atoms with Crippen LogP contribution in [0.4, 0.5) is 0 Å². The lowest BCUT2D eigenvalue weighted by molar-refractivity contribution is -0.140. The summed E-state index contributed by atoms with van der Waals surface area (Å²) >= 11 is 1.12. The maximum atomic E-state index is 12.6. The van der Waals surface area contributed by atoms with Gasteiger partial charge in [0.1, 0.15) is 10.4 Å². The molecular weight excluding hydrogens is 342 g/mol. The van der Waals surface area contributed by atoms with Gasteiger partial charge in [-0.2, -0.15) is 4.31 Å². The highest BCUT2D eigenvalue weighted by Crippen LogP contribution is 2.25. The Balaban J connectivity index is 2.05. The normalized spacial score (nSPS) is 19.3. The number of sulfonamides is 1. The van der Waals surface area contributed by atoms with E-state index < -0.39 is 28.1 Å². The van der Waals surface area contributed by atoms with Crippen molar-refractivity contribution in [2.45, 2.75) is 23.8 Å². The first-order valence-electron chi connectivity index (χ1n) is 7.19. The van der Waals surface area contributed by atoms with Gasteiger partial charge in [-0.3, -0.25) is 9.59 Å². The highest BCUT2D eigenvalue weighted by atomic mass is 32.2. The van der Waals surface area contributed by atoms with Gasteiger partial charge in [0.15, 0.2) is 0 Å². The Hall–Kier alpha value is -1.49. The van der Waals surface area contributed by atoms with Crippen LogP contribution in [0.2, 0.25) is 0 Å². The summed E-state index contributed by atoms with van der Waals surface area (Å²) in [4.78, 5) is 23.0. The molecule has 0 aliphatic carbocycles. The van der Waals surface area contributed by atoms with Gasteiger partial charge >= 0.3 is 11.8 Å². The number of rotatable bonds is 5. The van der Waals surface area contributed by atoms with Gasteiger partial charge in [0.05, 0.1) is 13.2 Å². The summed E-state index contributed by atoms with van der Waals surface area (Å²) in [6, 6.07) is 3.19. The summed E-state index contributed by atoms with van der Waals surface area (Å²) < 4.78 is 32.1. The SMILES string of the molecule is CCNC(=O)C(=O)NC[C@H]1OCCCN1S(=O)(=O)c1cccs1. The van der Waals surface area contributed by atoms with Gasteiger partial charge in [-0.25, -0.2) is 8.42 Å². The van der Waals surface area contributed by atoms with E-state index in [-0.39, 0.29) is 10.8 Å². The zero-order valence-corrected chi connectivity index (χ0v) is 14.3. The van der Waals surface area contributed by atoms with Crippen molar-refractivity contribution < 1.29 is 22.7 Å². The largest absolute Gasteiger partial charge is 0.360 e. The molecule has 0 unspecified atom stereocenters. The summed E-state index contributed by atoms with van der Waals surface area (Å²) in [5, 5.41) is 6.46. The molecule has 1 aromatic rings. The number of thiophene rings is 1. The molecule has 2 N–H and O–H groups in total. The minimum absolute atomic E-state index is 0.0828. The van der Waals surface area contributed by atoms with Crippen molar-refractivity contribution in [3.8, 4) is 0 Å². The molecule has 1 aromatic heterocycles. The fraction of sp³-hybridized carbons (Fsp3) is 0.538. The Labute approximate surface area is 138 Å². The monoisotopic (exact) mass is 361 g/mol. The van der Waals surface area contributed by atoms with E-state index in [2.05, 4.69) is 10.6 Å². The zero-order valence-electron chi connectivity index (χ0n) is 12.6. The number of hydrogen-bond acceptors (Lipinski definition) is 6. The number of ether oxygens (including phenoxy) is 1. The molecule has 1 saturated heterocycles. The number of likely N-dealkylation sites (N-methyl/N-ethyl adjacent to an activating group) is 1. The Morgan fingerprint density at radius 2 is 2.13 bits per heavy atom.